The summed E-state index contributed by atoms with van der Waals surface area (Å²) in [6, 6.07) is 20.3. The maximum absolute atomic E-state index is 14.4. The first kappa shape index (κ1) is 50.9. The number of hydrogen-bond acceptors (Lipinski definition) is 17. The predicted molar refractivity (Wildman–Crippen MR) is 252 cm³/mol. The van der Waals surface area contributed by atoms with Crippen LogP contribution in [0.3, 0.4) is 0 Å². The number of nitrogens with one attached hydrogen (secondary N) is 2. The highest BCUT2D eigenvalue weighted by molar-refractivity contribution is 8.76. The van der Waals surface area contributed by atoms with E-state index in [4.69, 9.17) is 33.2 Å². The van der Waals surface area contributed by atoms with E-state index < -0.39 is 66.5 Å². The van der Waals surface area contributed by atoms with Gasteiger partial charge in [-0.15, -0.1) is 0 Å². The molecular formula is C49H49FN4O14S2. The minimum Gasteiger partial charge on any atom is -0.467 e. The highest BCUT2D eigenvalue weighted by Crippen LogP contribution is 2.36. The Morgan fingerprint density at radius 2 is 1.60 bits per heavy atom. The number of Topliss-reactive ketones (excluding diaryl/α,β-unsaturated/α-hetero) is 1. The number of aromatic amines is 1. The van der Waals surface area contributed by atoms with Crippen molar-refractivity contribution < 1.29 is 71.1 Å². The molecule has 0 spiro atoms. The van der Waals surface area contributed by atoms with Crippen molar-refractivity contribution in [2.75, 3.05) is 26.5 Å². The van der Waals surface area contributed by atoms with Crippen LogP contribution in [0.4, 0.5) is 9.18 Å². The van der Waals surface area contributed by atoms with Gasteiger partial charge in [-0.3, -0.25) is 24.0 Å². The van der Waals surface area contributed by atoms with E-state index in [1.807, 2.05) is 36.4 Å². The normalized spacial score (nSPS) is 18.4. The number of aromatic nitrogens is 2. The Morgan fingerprint density at radius 3 is 2.30 bits per heavy atom. The molecule has 5 atom stereocenters. The second-order valence-electron chi connectivity index (χ2n) is 16.2. The van der Waals surface area contributed by atoms with Crippen molar-refractivity contribution in [3.63, 3.8) is 0 Å². The quantitative estimate of drug-likeness (QED) is 0.0417. The van der Waals surface area contributed by atoms with Crippen LogP contribution in [0.5, 0.6) is 5.75 Å². The monoisotopic (exact) mass is 1000 g/mol. The lowest BCUT2D eigenvalue weighted by molar-refractivity contribution is -0.282. The Morgan fingerprint density at radius 1 is 0.886 bits per heavy atom. The molecule has 1 fully saturated rings. The van der Waals surface area contributed by atoms with E-state index in [0.29, 0.717) is 40.7 Å². The molecule has 0 bridgehead atoms. The van der Waals surface area contributed by atoms with Gasteiger partial charge in [0.05, 0.1) is 12.7 Å². The molecule has 0 aliphatic carbocycles. The molecule has 1 saturated heterocycles. The number of carbonyl (C=O) groups is 7. The molecule has 368 valence electrons. The van der Waals surface area contributed by atoms with Crippen molar-refractivity contribution in [3.05, 3.63) is 113 Å². The average Bonchev–Trinajstić information content (AvgIpc) is 3.60. The van der Waals surface area contributed by atoms with E-state index in [2.05, 4.69) is 15.3 Å². The van der Waals surface area contributed by atoms with Gasteiger partial charge in [0.15, 0.2) is 18.3 Å². The number of hydrogen-bond donors (Lipinski definition) is 2. The van der Waals surface area contributed by atoms with Gasteiger partial charge >= 0.3 is 30.0 Å². The number of rotatable bonds is 18. The van der Waals surface area contributed by atoms with Gasteiger partial charge in [0, 0.05) is 87.9 Å². The fraction of sp³-hybridized carbons (Fsp3) is 0.347. The molecule has 0 unspecified atom stereocenters. The summed E-state index contributed by atoms with van der Waals surface area (Å²) in [5.74, 6) is -4.16. The zero-order chi connectivity index (χ0) is 50.1. The molecule has 2 aromatic heterocycles. The summed E-state index contributed by atoms with van der Waals surface area (Å²) in [6.07, 6.45) is -6.69. The molecule has 18 nitrogen and oxygen atoms in total. The van der Waals surface area contributed by atoms with Gasteiger partial charge in [0.25, 0.3) is 5.91 Å². The number of H-pyrrole nitrogens is 1. The Balaban J connectivity index is 1.08. The highest BCUT2D eigenvalue weighted by atomic mass is 33.1. The first-order valence-corrected chi connectivity index (χ1v) is 24.3. The van der Waals surface area contributed by atoms with Crippen LogP contribution in [0.15, 0.2) is 84.0 Å². The number of ketones is 1. The van der Waals surface area contributed by atoms with E-state index in [1.165, 1.54) is 44.7 Å². The zero-order valence-corrected chi connectivity index (χ0v) is 40.3. The third-order valence-electron chi connectivity index (χ3n) is 11.0. The molecule has 4 heterocycles. The van der Waals surface area contributed by atoms with Crippen LogP contribution < -0.4 is 10.1 Å². The topological polar surface area (TPSA) is 228 Å². The molecule has 0 radical (unpaired) electrons. The summed E-state index contributed by atoms with van der Waals surface area (Å²) < 4.78 is 53.7. The van der Waals surface area contributed by atoms with Crippen molar-refractivity contribution >= 4 is 74.2 Å². The van der Waals surface area contributed by atoms with Gasteiger partial charge in [-0.05, 0) is 75.9 Å². The molecule has 7 rings (SSSR count). The number of methoxy groups -OCH3 is 1. The molecule has 0 saturated carbocycles. The lowest BCUT2D eigenvalue weighted by Crippen LogP contribution is -2.64. The molecule has 70 heavy (non-hydrogen) atoms. The predicted octanol–water partition coefficient (Wildman–Crippen LogP) is 6.44. The molecule has 3 aromatic carbocycles. The number of pyridine rings is 1. The van der Waals surface area contributed by atoms with E-state index in [1.54, 1.807) is 31.4 Å². The first-order valence-electron chi connectivity index (χ1n) is 21.9. The Hall–Kier alpha value is -6.97. The highest BCUT2D eigenvalue weighted by Gasteiger charge is 2.56. The van der Waals surface area contributed by atoms with Crippen LogP contribution >= 0.6 is 21.6 Å². The van der Waals surface area contributed by atoms with Gasteiger partial charge < -0.3 is 48.4 Å². The number of nitrogens with zero attached hydrogens (tertiary/aromatic N) is 2. The van der Waals surface area contributed by atoms with Crippen LogP contribution in [0, 0.1) is 5.82 Å². The van der Waals surface area contributed by atoms with Crippen LogP contribution in [-0.4, -0.2) is 114 Å². The number of carbonyl (C=O) groups excluding carboxylic acids is 7. The molecule has 2 amide bonds. The fourth-order valence-electron chi connectivity index (χ4n) is 8.04. The summed E-state index contributed by atoms with van der Waals surface area (Å²) in [4.78, 5) is 98.6. The molecule has 2 aliphatic rings. The van der Waals surface area contributed by atoms with E-state index in [-0.39, 0.29) is 49.0 Å². The summed E-state index contributed by atoms with van der Waals surface area (Å²) in [5, 5.41) is 4.29. The molecular weight excluding hydrogens is 952 g/mol. The standard InChI is InChI=1S/C49H49FN4O14S2/c1-26(55)64-42-43(65-27(2)56)45(66-28(3)57)48(68-44(42)47(60)62-5)67-38-14-11-30(20-32(38)21-34(58)16-19-69-70-39-8-6-7-17-51-39)25-63-49(61)54(4)24-29-9-12-31(13-10-29)41-35-15-18-52-46(59)36-22-33(50)23-37(53-41)40(35)36/h6-14,17,20,22-23,42-45,48,53H,15-16,18-19,21,24-25H2,1-5H3,(H,52,59)/t42-,43-,44-,45+,48+/m0/s1. The third kappa shape index (κ3) is 12.6. The number of ether oxygens (including phenoxy) is 7. The van der Waals surface area contributed by atoms with Gasteiger partial charge in [-0.2, -0.15) is 0 Å². The second-order valence-corrected chi connectivity index (χ2v) is 18.7. The van der Waals surface area contributed by atoms with Gasteiger partial charge in [0.2, 0.25) is 12.4 Å². The SMILES string of the molecule is COC(=O)[C@H]1O[C@@H](Oc2ccc(COC(=O)N(C)Cc3ccc(-c4[nH]c5cc(F)cc6c5c4CCNC6=O)cc3)cc2CC(=O)CCSSc2ccccn2)[C@H](OC(C)=O)[C@@H](OC(C)=O)[C@@H]1OC(C)=O. The Bertz CT molecular complexity index is 2770. The first-order chi connectivity index (χ1) is 33.6. The average molecular weight is 1000 g/mol. The lowest BCUT2D eigenvalue weighted by Gasteiger charge is -2.43. The number of amides is 2. The van der Waals surface area contributed by atoms with E-state index in [0.717, 1.165) is 55.3 Å². The summed E-state index contributed by atoms with van der Waals surface area (Å²) in [6.45, 7) is 3.57. The minimum absolute atomic E-state index is 0.0443. The van der Waals surface area contributed by atoms with Gasteiger partial charge in [-0.25, -0.2) is 19.0 Å². The smallest absolute Gasteiger partial charge is 0.410 e. The van der Waals surface area contributed by atoms with Crippen molar-refractivity contribution in [1.29, 1.82) is 0 Å². The van der Waals surface area contributed by atoms with Crippen LogP contribution in [0.2, 0.25) is 0 Å². The summed E-state index contributed by atoms with van der Waals surface area (Å²) >= 11 is 0. The summed E-state index contributed by atoms with van der Waals surface area (Å²) in [7, 11) is 5.51. The van der Waals surface area contributed by atoms with E-state index >= 15 is 0 Å². The number of esters is 4. The van der Waals surface area contributed by atoms with Crippen LogP contribution in [0.25, 0.3) is 22.2 Å². The minimum atomic E-state index is -1.72. The molecule has 21 heteroatoms. The van der Waals surface area contributed by atoms with Crippen molar-refractivity contribution in [2.24, 2.45) is 0 Å². The van der Waals surface area contributed by atoms with Gasteiger partial charge in [-0.1, -0.05) is 47.2 Å². The van der Waals surface area contributed by atoms with Crippen molar-refractivity contribution in [2.45, 2.75) is 88.9 Å². The Labute approximate surface area is 409 Å². The lowest BCUT2D eigenvalue weighted by atomic mass is 9.97. The second kappa shape index (κ2) is 23.1. The molecule has 5 aromatic rings. The molecule has 2 N–H and O–H groups in total. The van der Waals surface area contributed by atoms with Crippen LogP contribution in [0.1, 0.15) is 59.8 Å². The number of benzene rings is 3. The van der Waals surface area contributed by atoms with E-state index in [9.17, 15) is 38.0 Å². The third-order valence-corrected chi connectivity index (χ3v) is 13.3. The maximum atomic E-state index is 14.4. The summed E-state index contributed by atoms with van der Waals surface area (Å²) in [5.41, 5.74) is 4.87. The maximum Gasteiger partial charge on any atom is 0.410 e. The fourth-order valence-corrected chi connectivity index (χ4v) is 9.95. The zero-order valence-electron chi connectivity index (χ0n) is 38.6. The molecule has 2 aliphatic heterocycles. The largest absolute Gasteiger partial charge is 0.467 e. The van der Waals surface area contributed by atoms with Crippen molar-refractivity contribution in [3.8, 4) is 17.0 Å². The van der Waals surface area contributed by atoms with Crippen LogP contribution in [-0.2, 0) is 78.4 Å². The number of halogens is 1. The van der Waals surface area contributed by atoms with Gasteiger partial charge in [0.1, 0.15) is 29.0 Å². The Kier molecular flexibility index (Phi) is 16.8. The van der Waals surface area contributed by atoms with Crippen molar-refractivity contribution in [1.82, 2.24) is 20.2 Å².